The summed E-state index contributed by atoms with van der Waals surface area (Å²) in [7, 11) is 0. The Kier molecular flexibility index (Phi) is 5.18. The molecule has 0 aliphatic heterocycles. The topological polar surface area (TPSA) is 29.5 Å². The number of nitrogens with zero attached hydrogens (tertiary/aromatic N) is 1. The van der Waals surface area contributed by atoms with Crippen LogP contribution in [0.25, 0.3) is 0 Å². The number of rotatable bonds is 3. The van der Waals surface area contributed by atoms with Crippen molar-refractivity contribution in [2.75, 3.05) is 6.54 Å². The van der Waals surface area contributed by atoms with Gasteiger partial charge in [0.05, 0.1) is 11.6 Å². The van der Waals surface area contributed by atoms with Gasteiger partial charge < -0.3 is 9.64 Å². The van der Waals surface area contributed by atoms with E-state index in [4.69, 9.17) is 16.3 Å². The van der Waals surface area contributed by atoms with E-state index in [0.29, 0.717) is 12.1 Å². The summed E-state index contributed by atoms with van der Waals surface area (Å²) in [6.07, 6.45) is -0.464. The van der Waals surface area contributed by atoms with E-state index >= 15 is 0 Å². The molecule has 3 nitrogen and oxygen atoms in total. The lowest BCUT2D eigenvalue weighted by atomic mass is 10.2. The highest BCUT2D eigenvalue weighted by Gasteiger charge is 2.22. The summed E-state index contributed by atoms with van der Waals surface area (Å²) in [4.78, 5) is 13.4. The van der Waals surface area contributed by atoms with Crippen molar-refractivity contribution in [3.05, 3.63) is 34.6 Å². The molecule has 0 aliphatic carbocycles. The third-order valence-corrected chi connectivity index (χ3v) is 2.72. The van der Waals surface area contributed by atoms with Crippen LogP contribution in [0.4, 0.5) is 9.18 Å². The summed E-state index contributed by atoms with van der Waals surface area (Å²) in [6, 6.07) is 4.74. The summed E-state index contributed by atoms with van der Waals surface area (Å²) in [5, 5.41) is 0.0535. The second kappa shape index (κ2) is 6.24. The fourth-order valence-corrected chi connectivity index (χ4v) is 1.70. The van der Waals surface area contributed by atoms with Gasteiger partial charge in [0.2, 0.25) is 0 Å². The van der Waals surface area contributed by atoms with E-state index in [1.165, 1.54) is 11.0 Å². The van der Waals surface area contributed by atoms with Gasteiger partial charge in [-0.25, -0.2) is 9.18 Å². The Morgan fingerprint density at radius 3 is 2.58 bits per heavy atom. The standard InChI is InChI=1S/C14H19ClFNO2/c1-5-17(13(18)19-14(2,3)4)9-10-7-6-8-11(15)12(10)16/h6-8H,5,9H2,1-4H3. The van der Waals surface area contributed by atoms with Crippen molar-refractivity contribution in [1.82, 2.24) is 4.90 Å². The fourth-order valence-electron chi connectivity index (χ4n) is 1.51. The van der Waals surface area contributed by atoms with Gasteiger partial charge in [-0.15, -0.1) is 0 Å². The normalized spacial score (nSPS) is 11.3. The van der Waals surface area contributed by atoms with Gasteiger partial charge in [0.25, 0.3) is 0 Å². The third-order valence-electron chi connectivity index (χ3n) is 2.43. The number of carbonyl (C=O) groups is 1. The number of hydrogen-bond acceptors (Lipinski definition) is 2. The molecule has 0 saturated heterocycles. The first-order valence-corrected chi connectivity index (χ1v) is 6.53. The Balaban J connectivity index is 2.82. The molecule has 0 aliphatic rings. The van der Waals surface area contributed by atoms with Crippen LogP contribution >= 0.6 is 11.6 Å². The zero-order valence-electron chi connectivity index (χ0n) is 11.7. The molecule has 0 aromatic heterocycles. The van der Waals surface area contributed by atoms with E-state index in [0.717, 1.165) is 0 Å². The van der Waals surface area contributed by atoms with Crippen molar-refractivity contribution in [1.29, 1.82) is 0 Å². The van der Waals surface area contributed by atoms with Gasteiger partial charge in [-0.3, -0.25) is 0 Å². The molecule has 0 spiro atoms. The van der Waals surface area contributed by atoms with E-state index in [1.54, 1.807) is 32.9 Å². The van der Waals surface area contributed by atoms with Gasteiger partial charge in [-0.1, -0.05) is 23.7 Å². The molecule has 0 N–H and O–H groups in total. The fraction of sp³-hybridized carbons (Fsp3) is 0.500. The molecular formula is C14H19ClFNO2. The lowest BCUT2D eigenvalue weighted by Gasteiger charge is -2.26. The predicted octanol–water partition coefficient (Wildman–Crippen LogP) is 4.24. The van der Waals surface area contributed by atoms with E-state index in [-0.39, 0.29) is 11.6 Å². The van der Waals surface area contributed by atoms with Crippen molar-refractivity contribution >= 4 is 17.7 Å². The molecule has 5 heteroatoms. The Hall–Kier alpha value is -1.29. The number of benzene rings is 1. The lowest BCUT2D eigenvalue weighted by Crippen LogP contribution is -2.36. The maximum Gasteiger partial charge on any atom is 0.410 e. The van der Waals surface area contributed by atoms with Gasteiger partial charge in [0.1, 0.15) is 11.4 Å². The molecule has 0 heterocycles. The van der Waals surface area contributed by atoms with Crippen molar-refractivity contribution in [3.63, 3.8) is 0 Å². The molecule has 0 fully saturated rings. The van der Waals surface area contributed by atoms with Gasteiger partial charge in [0.15, 0.2) is 0 Å². The average Bonchev–Trinajstić information content (AvgIpc) is 2.28. The predicted molar refractivity (Wildman–Crippen MR) is 73.7 cm³/mol. The second-order valence-corrected chi connectivity index (χ2v) is 5.61. The molecule has 0 saturated carbocycles. The molecule has 106 valence electrons. The molecular weight excluding hydrogens is 269 g/mol. The third kappa shape index (κ3) is 4.71. The lowest BCUT2D eigenvalue weighted by molar-refractivity contribution is 0.0243. The first-order chi connectivity index (χ1) is 8.74. The van der Waals surface area contributed by atoms with Crippen molar-refractivity contribution in [3.8, 4) is 0 Å². The minimum atomic E-state index is -0.572. The highest BCUT2D eigenvalue weighted by molar-refractivity contribution is 6.30. The first kappa shape index (κ1) is 15.8. The SMILES string of the molecule is CCN(Cc1cccc(Cl)c1F)C(=O)OC(C)(C)C. The molecule has 0 atom stereocenters. The van der Waals surface area contributed by atoms with Crippen molar-refractivity contribution in [2.45, 2.75) is 39.8 Å². The quantitative estimate of drug-likeness (QED) is 0.832. The van der Waals surface area contributed by atoms with Crippen LogP contribution in [0.1, 0.15) is 33.3 Å². The number of hydrogen-bond donors (Lipinski definition) is 0. The Labute approximate surface area is 118 Å². The van der Waals surface area contributed by atoms with Gasteiger partial charge in [0, 0.05) is 12.1 Å². The van der Waals surface area contributed by atoms with Gasteiger partial charge >= 0.3 is 6.09 Å². The van der Waals surface area contributed by atoms with Crippen LogP contribution < -0.4 is 0 Å². The summed E-state index contributed by atoms with van der Waals surface area (Å²) in [5.74, 6) is -0.494. The molecule has 0 bridgehead atoms. The van der Waals surface area contributed by atoms with E-state index in [2.05, 4.69) is 0 Å². The largest absolute Gasteiger partial charge is 0.444 e. The molecule has 19 heavy (non-hydrogen) atoms. The minimum Gasteiger partial charge on any atom is -0.444 e. The Morgan fingerprint density at radius 2 is 2.05 bits per heavy atom. The Morgan fingerprint density at radius 1 is 1.42 bits per heavy atom. The highest BCUT2D eigenvalue weighted by atomic mass is 35.5. The van der Waals surface area contributed by atoms with Crippen LogP contribution in [-0.4, -0.2) is 23.1 Å². The number of ether oxygens (including phenoxy) is 1. The van der Waals surface area contributed by atoms with Crippen LogP contribution in [0.15, 0.2) is 18.2 Å². The van der Waals surface area contributed by atoms with Gasteiger partial charge in [-0.2, -0.15) is 0 Å². The molecule has 1 rings (SSSR count). The Bertz CT molecular complexity index is 457. The van der Waals surface area contributed by atoms with Crippen LogP contribution in [0, 0.1) is 5.82 Å². The summed E-state index contributed by atoms with van der Waals surface area (Å²) < 4.78 is 19.1. The van der Waals surface area contributed by atoms with E-state index in [1.807, 2.05) is 6.92 Å². The molecule has 0 radical (unpaired) electrons. The van der Waals surface area contributed by atoms with Crippen molar-refractivity contribution in [2.24, 2.45) is 0 Å². The number of carbonyl (C=O) groups excluding carboxylic acids is 1. The summed E-state index contributed by atoms with van der Waals surface area (Å²) in [6.45, 7) is 7.75. The van der Waals surface area contributed by atoms with Crippen LogP contribution in [0.3, 0.4) is 0 Å². The zero-order valence-corrected chi connectivity index (χ0v) is 12.4. The maximum atomic E-state index is 13.8. The van der Waals surface area contributed by atoms with Gasteiger partial charge in [-0.05, 0) is 33.8 Å². The molecule has 1 aromatic rings. The van der Waals surface area contributed by atoms with Crippen LogP contribution in [-0.2, 0) is 11.3 Å². The first-order valence-electron chi connectivity index (χ1n) is 6.15. The monoisotopic (exact) mass is 287 g/mol. The zero-order chi connectivity index (χ0) is 14.6. The molecule has 1 aromatic carbocycles. The minimum absolute atomic E-state index is 0.0535. The van der Waals surface area contributed by atoms with E-state index in [9.17, 15) is 9.18 Å². The average molecular weight is 288 g/mol. The smallest absolute Gasteiger partial charge is 0.410 e. The summed E-state index contributed by atoms with van der Waals surface area (Å²) in [5.41, 5.74) is -0.197. The highest BCUT2D eigenvalue weighted by Crippen LogP contribution is 2.20. The van der Waals surface area contributed by atoms with E-state index < -0.39 is 17.5 Å². The number of amides is 1. The van der Waals surface area contributed by atoms with Crippen LogP contribution in [0.2, 0.25) is 5.02 Å². The van der Waals surface area contributed by atoms with Crippen molar-refractivity contribution < 1.29 is 13.9 Å². The second-order valence-electron chi connectivity index (χ2n) is 5.21. The number of halogens is 2. The van der Waals surface area contributed by atoms with Crippen LogP contribution in [0.5, 0.6) is 0 Å². The maximum absolute atomic E-state index is 13.8. The molecule has 0 unspecified atom stereocenters. The summed E-state index contributed by atoms with van der Waals surface area (Å²) >= 11 is 5.72. The molecule has 1 amide bonds.